The Morgan fingerprint density at radius 2 is 2.00 bits per heavy atom. The van der Waals surface area contributed by atoms with Crippen LogP contribution >= 0.6 is 0 Å². The summed E-state index contributed by atoms with van der Waals surface area (Å²) in [6.07, 6.45) is 0. The molecule has 6 heteroatoms. The molecule has 1 heterocycles. The average Bonchev–Trinajstić information content (AvgIpc) is 2.29. The van der Waals surface area contributed by atoms with Crippen molar-refractivity contribution in [2.45, 2.75) is 20.8 Å². The highest BCUT2D eigenvalue weighted by molar-refractivity contribution is 5.80. The fourth-order valence-electron chi connectivity index (χ4n) is 1.72. The molecule has 1 amide bonds. The molecule has 0 fully saturated rings. The number of hydrogen-bond donors (Lipinski definition) is 1. The smallest absolute Gasteiger partial charge is 0.252 e. The van der Waals surface area contributed by atoms with Gasteiger partial charge in [0.15, 0.2) is 0 Å². The molecule has 1 aromatic rings. The van der Waals surface area contributed by atoms with E-state index < -0.39 is 0 Å². The maximum atomic E-state index is 11.9. The largest absolute Gasteiger partial charge is 0.350 e. The first-order chi connectivity index (χ1) is 8.47. The van der Waals surface area contributed by atoms with Gasteiger partial charge >= 0.3 is 0 Å². The van der Waals surface area contributed by atoms with E-state index in [1.807, 2.05) is 13.8 Å². The summed E-state index contributed by atoms with van der Waals surface area (Å²) < 4.78 is 0. The number of hydrogen-bond acceptors (Lipinski definition) is 4. The van der Waals surface area contributed by atoms with Gasteiger partial charge in [0, 0.05) is 26.2 Å². The Morgan fingerprint density at radius 3 is 2.50 bits per heavy atom. The molecule has 0 saturated heterocycles. The Bertz CT molecular complexity index is 465. The summed E-state index contributed by atoms with van der Waals surface area (Å²) in [5.74, 6) is 1.08. The van der Waals surface area contributed by atoms with Gasteiger partial charge in [-0.2, -0.15) is 0 Å². The minimum absolute atomic E-state index is 0.0298. The third-order valence-electron chi connectivity index (χ3n) is 2.73. The molecular formula is C12H20N4O2. The number of carbonyl (C=O) groups is 1. The highest BCUT2D eigenvalue weighted by atomic mass is 16.2. The van der Waals surface area contributed by atoms with Gasteiger partial charge in [-0.1, -0.05) is 0 Å². The van der Waals surface area contributed by atoms with Gasteiger partial charge < -0.3 is 14.8 Å². The maximum absolute atomic E-state index is 11.9. The third kappa shape index (κ3) is 3.58. The Hall–Kier alpha value is -1.85. The van der Waals surface area contributed by atoms with Crippen LogP contribution in [0.25, 0.3) is 0 Å². The molecule has 1 aromatic heterocycles. The summed E-state index contributed by atoms with van der Waals surface area (Å²) in [6.45, 7) is 7.19. The van der Waals surface area contributed by atoms with E-state index >= 15 is 0 Å². The van der Waals surface area contributed by atoms with Gasteiger partial charge in [0.1, 0.15) is 11.6 Å². The number of nitrogens with one attached hydrogen (secondary N) is 1. The van der Waals surface area contributed by atoms with Crippen LogP contribution in [0.3, 0.4) is 0 Å². The van der Waals surface area contributed by atoms with Crippen LogP contribution in [0.5, 0.6) is 0 Å². The SMILES string of the molecule is CCN(CC)C(=O)CN(C)c1cc(=O)[nH]c(C)n1. The Balaban J connectivity index is 2.79. The van der Waals surface area contributed by atoms with Gasteiger partial charge in [-0.15, -0.1) is 0 Å². The summed E-state index contributed by atoms with van der Waals surface area (Å²) in [7, 11) is 1.75. The molecule has 0 aliphatic carbocycles. The van der Waals surface area contributed by atoms with Crippen molar-refractivity contribution < 1.29 is 4.79 Å². The second-order valence-electron chi connectivity index (χ2n) is 4.11. The van der Waals surface area contributed by atoms with Gasteiger partial charge in [-0.05, 0) is 20.8 Å². The van der Waals surface area contributed by atoms with Crippen molar-refractivity contribution >= 4 is 11.7 Å². The molecule has 0 bridgehead atoms. The molecule has 1 rings (SSSR count). The number of aromatic amines is 1. The molecule has 0 spiro atoms. The zero-order valence-corrected chi connectivity index (χ0v) is 11.4. The van der Waals surface area contributed by atoms with Crippen LogP contribution in [-0.4, -0.2) is 47.5 Å². The number of amides is 1. The molecule has 18 heavy (non-hydrogen) atoms. The van der Waals surface area contributed by atoms with Crippen LogP contribution in [0.4, 0.5) is 5.82 Å². The predicted octanol–water partition coefficient (Wildman–Crippen LogP) is 0.383. The van der Waals surface area contributed by atoms with Crippen LogP contribution in [-0.2, 0) is 4.79 Å². The monoisotopic (exact) mass is 252 g/mol. The topological polar surface area (TPSA) is 69.3 Å². The van der Waals surface area contributed by atoms with Crippen LogP contribution in [0.15, 0.2) is 10.9 Å². The lowest BCUT2D eigenvalue weighted by Crippen LogP contribution is -2.39. The Kier molecular flexibility index (Phi) is 4.88. The van der Waals surface area contributed by atoms with Crippen LogP contribution < -0.4 is 10.5 Å². The van der Waals surface area contributed by atoms with E-state index in [0.717, 1.165) is 0 Å². The lowest BCUT2D eigenvalue weighted by atomic mass is 10.4. The number of carbonyl (C=O) groups excluding carboxylic acids is 1. The molecule has 0 aromatic carbocycles. The van der Waals surface area contributed by atoms with Crippen molar-refractivity contribution in [2.75, 3.05) is 31.6 Å². The molecule has 0 aliphatic rings. The molecule has 0 aliphatic heterocycles. The van der Waals surface area contributed by atoms with Crippen LogP contribution in [0, 0.1) is 6.92 Å². The summed E-state index contributed by atoms with van der Waals surface area (Å²) in [4.78, 5) is 33.5. The normalized spacial score (nSPS) is 10.2. The molecular weight excluding hydrogens is 232 g/mol. The standard InChI is InChI=1S/C12H20N4O2/c1-5-16(6-2)12(18)8-15(4)10-7-11(17)14-9(3)13-10/h7H,5-6,8H2,1-4H3,(H,13,14,17). The summed E-state index contributed by atoms with van der Waals surface area (Å²) in [6, 6.07) is 1.39. The first kappa shape index (κ1) is 14.2. The highest BCUT2D eigenvalue weighted by Gasteiger charge is 2.14. The van der Waals surface area contributed by atoms with E-state index in [-0.39, 0.29) is 18.0 Å². The molecule has 0 saturated carbocycles. The number of nitrogens with zero attached hydrogens (tertiary/aromatic N) is 3. The summed E-state index contributed by atoms with van der Waals surface area (Å²) in [5.41, 5.74) is -0.209. The quantitative estimate of drug-likeness (QED) is 0.822. The van der Waals surface area contributed by atoms with Crippen molar-refractivity contribution in [1.29, 1.82) is 0 Å². The van der Waals surface area contributed by atoms with Crippen LogP contribution in [0.2, 0.25) is 0 Å². The zero-order chi connectivity index (χ0) is 13.7. The molecule has 0 atom stereocenters. The second-order valence-corrected chi connectivity index (χ2v) is 4.11. The van der Waals surface area contributed by atoms with Crippen molar-refractivity contribution in [3.63, 3.8) is 0 Å². The van der Waals surface area contributed by atoms with E-state index in [4.69, 9.17) is 0 Å². The molecule has 1 N–H and O–H groups in total. The lowest BCUT2D eigenvalue weighted by molar-refractivity contribution is -0.129. The van der Waals surface area contributed by atoms with E-state index in [1.165, 1.54) is 6.07 Å². The predicted molar refractivity (Wildman–Crippen MR) is 70.8 cm³/mol. The van der Waals surface area contributed by atoms with Crippen molar-refractivity contribution in [1.82, 2.24) is 14.9 Å². The Morgan fingerprint density at radius 1 is 1.39 bits per heavy atom. The van der Waals surface area contributed by atoms with E-state index in [9.17, 15) is 9.59 Å². The van der Waals surface area contributed by atoms with Crippen molar-refractivity contribution in [3.05, 3.63) is 22.2 Å². The zero-order valence-electron chi connectivity index (χ0n) is 11.4. The number of aryl methyl sites for hydroxylation is 1. The van der Waals surface area contributed by atoms with Crippen LogP contribution in [0.1, 0.15) is 19.7 Å². The minimum atomic E-state index is -0.209. The third-order valence-corrected chi connectivity index (χ3v) is 2.73. The first-order valence-corrected chi connectivity index (χ1v) is 6.04. The fourth-order valence-corrected chi connectivity index (χ4v) is 1.72. The average molecular weight is 252 g/mol. The number of anilines is 1. The highest BCUT2D eigenvalue weighted by Crippen LogP contribution is 2.05. The molecule has 100 valence electrons. The van der Waals surface area contributed by atoms with E-state index in [1.54, 1.807) is 23.8 Å². The molecule has 0 radical (unpaired) electrons. The number of aromatic nitrogens is 2. The summed E-state index contributed by atoms with van der Waals surface area (Å²) in [5, 5.41) is 0. The van der Waals surface area contributed by atoms with Gasteiger partial charge in [0.05, 0.1) is 6.54 Å². The van der Waals surface area contributed by atoms with E-state index in [2.05, 4.69) is 9.97 Å². The van der Waals surface area contributed by atoms with Gasteiger partial charge in [-0.25, -0.2) is 4.98 Å². The second kappa shape index (κ2) is 6.18. The number of rotatable bonds is 5. The fraction of sp³-hybridized carbons (Fsp3) is 0.583. The van der Waals surface area contributed by atoms with E-state index in [0.29, 0.717) is 24.7 Å². The van der Waals surface area contributed by atoms with Crippen molar-refractivity contribution in [2.24, 2.45) is 0 Å². The number of likely N-dealkylation sites (N-methyl/N-ethyl adjacent to an activating group) is 2. The van der Waals surface area contributed by atoms with Gasteiger partial charge in [-0.3, -0.25) is 9.59 Å². The first-order valence-electron chi connectivity index (χ1n) is 6.04. The van der Waals surface area contributed by atoms with Gasteiger partial charge in [0.2, 0.25) is 5.91 Å². The number of H-pyrrole nitrogens is 1. The minimum Gasteiger partial charge on any atom is -0.350 e. The molecule has 6 nitrogen and oxygen atoms in total. The molecule has 0 unspecified atom stereocenters. The summed E-state index contributed by atoms with van der Waals surface area (Å²) >= 11 is 0. The van der Waals surface area contributed by atoms with Crippen molar-refractivity contribution in [3.8, 4) is 0 Å². The maximum Gasteiger partial charge on any atom is 0.252 e. The lowest BCUT2D eigenvalue weighted by Gasteiger charge is -2.23. The Labute approximate surface area is 107 Å². The van der Waals surface area contributed by atoms with Gasteiger partial charge in [0.25, 0.3) is 5.56 Å².